The van der Waals surface area contributed by atoms with E-state index in [-0.39, 0.29) is 5.91 Å². The van der Waals surface area contributed by atoms with E-state index in [4.69, 9.17) is 4.98 Å². The third kappa shape index (κ3) is 5.21. The minimum Gasteiger partial charge on any atom is -0.352 e. The van der Waals surface area contributed by atoms with E-state index >= 15 is 0 Å². The molecule has 0 atom stereocenters. The van der Waals surface area contributed by atoms with E-state index in [9.17, 15) is 4.79 Å². The van der Waals surface area contributed by atoms with Gasteiger partial charge in [-0.2, -0.15) is 0 Å². The minimum atomic E-state index is 0.000577. The molecule has 1 amide bonds. The number of nitrogens with zero attached hydrogens (tertiary/aromatic N) is 2. The highest BCUT2D eigenvalue weighted by Crippen LogP contribution is 2.20. The Kier molecular flexibility index (Phi) is 6.78. The second-order valence-corrected chi connectivity index (χ2v) is 7.96. The second kappa shape index (κ2) is 10.1. The molecule has 0 aliphatic rings. The molecule has 4 aromatic rings. The van der Waals surface area contributed by atoms with Crippen molar-refractivity contribution in [3.63, 3.8) is 0 Å². The summed E-state index contributed by atoms with van der Waals surface area (Å²) in [5.41, 5.74) is 5.60. The van der Waals surface area contributed by atoms with Crippen molar-refractivity contribution in [1.29, 1.82) is 0 Å². The van der Waals surface area contributed by atoms with Crippen LogP contribution in [0.2, 0.25) is 0 Å². The van der Waals surface area contributed by atoms with Gasteiger partial charge in [0.2, 0.25) is 0 Å². The molecule has 1 aromatic heterocycles. The summed E-state index contributed by atoms with van der Waals surface area (Å²) in [6.07, 6.45) is 4.02. The molecule has 4 nitrogen and oxygen atoms in total. The van der Waals surface area contributed by atoms with Crippen LogP contribution in [0.15, 0.2) is 78.9 Å². The van der Waals surface area contributed by atoms with Crippen LogP contribution in [0.4, 0.5) is 0 Å². The van der Waals surface area contributed by atoms with Crippen LogP contribution in [-0.4, -0.2) is 22.0 Å². The van der Waals surface area contributed by atoms with Crippen molar-refractivity contribution in [1.82, 2.24) is 14.9 Å². The Labute approximate surface area is 183 Å². The molecule has 1 N–H and O–H groups in total. The molecule has 31 heavy (non-hydrogen) atoms. The van der Waals surface area contributed by atoms with Crippen LogP contribution in [0.25, 0.3) is 11.0 Å². The summed E-state index contributed by atoms with van der Waals surface area (Å²) in [5, 5.41) is 3.01. The Morgan fingerprint density at radius 1 is 0.871 bits per heavy atom. The monoisotopic (exact) mass is 411 g/mol. The highest BCUT2D eigenvalue weighted by Gasteiger charge is 2.11. The van der Waals surface area contributed by atoms with Gasteiger partial charge in [0.1, 0.15) is 5.82 Å². The molecule has 0 spiro atoms. The van der Waals surface area contributed by atoms with Gasteiger partial charge in [0, 0.05) is 25.1 Å². The topological polar surface area (TPSA) is 46.9 Å². The van der Waals surface area contributed by atoms with Gasteiger partial charge in [0.25, 0.3) is 5.91 Å². The molecule has 4 rings (SSSR count). The molecule has 1 heterocycles. The first-order chi connectivity index (χ1) is 15.2. The maximum Gasteiger partial charge on any atom is 0.251 e. The lowest BCUT2D eigenvalue weighted by molar-refractivity contribution is 0.0953. The molecule has 0 saturated heterocycles. The number of fused-ring (bicyclic) bond motifs is 1. The van der Waals surface area contributed by atoms with Gasteiger partial charge in [-0.15, -0.1) is 0 Å². The number of amides is 1. The van der Waals surface area contributed by atoms with Gasteiger partial charge >= 0.3 is 0 Å². The summed E-state index contributed by atoms with van der Waals surface area (Å²) in [5.74, 6) is 1.14. The lowest BCUT2D eigenvalue weighted by Gasteiger charge is -2.12. The molecule has 0 radical (unpaired) electrons. The van der Waals surface area contributed by atoms with Crippen molar-refractivity contribution >= 4 is 16.9 Å². The SMILES string of the molecule is Cc1ccccc1Cn1c(CCCCCNC(=O)c2ccccc2)nc2ccccc21. The van der Waals surface area contributed by atoms with Gasteiger partial charge in [-0.25, -0.2) is 4.98 Å². The quantitative estimate of drug-likeness (QED) is 0.368. The highest BCUT2D eigenvalue weighted by molar-refractivity contribution is 5.94. The molecule has 0 saturated carbocycles. The zero-order valence-corrected chi connectivity index (χ0v) is 18.1. The smallest absolute Gasteiger partial charge is 0.251 e. The molecular weight excluding hydrogens is 382 g/mol. The van der Waals surface area contributed by atoms with Gasteiger partial charge in [0.15, 0.2) is 0 Å². The number of hydrogen-bond donors (Lipinski definition) is 1. The summed E-state index contributed by atoms with van der Waals surface area (Å²) >= 11 is 0. The summed E-state index contributed by atoms with van der Waals surface area (Å²) in [6, 6.07) is 26.3. The average molecular weight is 412 g/mol. The van der Waals surface area contributed by atoms with Crippen LogP contribution in [-0.2, 0) is 13.0 Å². The van der Waals surface area contributed by atoms with Crippen molar-refractivity contribution in [2.24, 2.45) is 0 Å². The van der Waals surface area contributed by atoms with Gasteiger partial charge < -0.3 is 9.88 Å². The van der Waals surface area contributed by atoms with Crippen LogP contribution in [0.5, 0.6) is 0 Å². The zero-order chi connectivity index (χ0) is 21.5. The molecular formula is C27H29N3O. The molecule has 0 bridgehead atoms. The molecule has 4 heteroatoms. The maximum absolute atomic E-state index is 12.1. The largest absolute Gasteiger partial charge is 0.352 e. The van der Waals surface area contributed by atoms with Crippen LogP contribution in [0.1, 0.15) is 46.6 Å². The number of carbonyl (C=O) groups excluding carboxylic acids is 1. The van der Waals surface area contributed by atoms with Crippen LogP contribution >= 0.6 is 0 Å². The number of aromatic nitrogens is 2. The molecule has 0 fully saturated rings. The zero-order valence-electron chi connectivity index (χ0n) is 18.1. The standard InChI is InChI=1S/C27H29N3O/c1-21-12-7-8-15-23(21)20-30-25-17-10-9-16-24(25)29-26(30)18-6-3-11-19-28-27(31)22-13-4-2-5-14-22/h2,4-5,7-10,12-17H,3,6,11,18-20H2,1H3,(H,28,31). The van der Waals surface area contributed by atoms with E-state index in [1.165, 1.54) is 16.6 Å². The molecule has 0 unspecified atom stereocenters. The number of aryl methyl sites for hydroxylation is 2. The van der Waals surface area contributed by atoms with E-state index in [2.05, 4.69) is 59.3 Å². The predicted octanol–water partition coefficient (Wildman–Crippen LogP) is 5.54. The first-order valence-electron chi connectivity index (χ1n) is 11.0. The first-order valence-corrected chi connectivity index (χ1v) is 11.0. The maximum atomic E-state index is 12.1. The van der Waals surface area contributed by atoms with E-state index in [0.29, 0.717) is 12.1 Å². The van der Waals surface area contributed by atoms with E-state index in [1.54, 1.807) is 0 Å². The van der Waals surface area contributed by atoms with Crippen LogP contribution < -0.4 is 5.32 Å². The van der Waals surface area contributed by atoms with Crippen molar-refractivity contribution < 1.29 is 4.79 Å². The second-order valence-electron chi connectivity index (χ2n) is 7.96. The number of unbranched alkanes of at least 4 members (excludes halogenated alkanes) is 2. The lowest BCUT2D eigenvalue weighted by Crippen LogP contribution is -2.24. The Bertz CT molecular complexity index is 1150. The van der Waals surface area contributed by atoms with Crippen molar-refractivity contribution in [2.75, 3.05) is 6.54 Å². The number of carbonyl (C=O) groups is 1. The number of nitrogens with one attached hydrogen (secondary N) is 1. The predicted molar refractivity (Wildman–Crippen MR) is 126 cm³/mol. The summed E-state index contributed by atoms with van der Waals surface area (Å²) in [4.78, 5) is 17.0. The van der Waals surface area contributed by atoms with Crippen LogP contribution in [0.3, 0.4) is 0 Å². The fourth-order valence-electron chi connectivity index (χ4n) is 3.93. The number of benzene rings is 3. The van der Waals surface area contributed by atoms with E-state index in [1.807, 2.05) is 36.4 Å². The lowest BCUT2D eigenvalue weighted by atomic mass is 10.1. The van der Waals surface area contributed by atoms with Gasteiger partial charge in [-0.1, -0.05) is 61.0 Å². The van der Waals surface area contributed by atoms with E-state index in [0.717, 1.165) is 43.6 Å². The molecule has 0 aliphatic carbocycles. The number of imidazole rings is 1. The van der Waals surface area contributed by atoms with Gasteiger partial charge in [-0.05, 0) is 55.2 Å². The van der Waals surface area contributed by atoms with Gasteiger partial charge in [0.05, 0.1) is 11.0 Å². The van der Waals surface area contributed by atoms with Crippen molar-refractivity contribution in [3.8, 4) is 0 Å². The van der Waals surface area contributed by atoms with Crippen molar-refractivity contribution in [3.05, 3.63) is 101 Å². The Balaban J connectivity index is 1.34. The summed E-state index contributed by atoms with van der Waals surface area (Å²) in [7, 11) is 0. The number of hydrogen-bond acceptors (Lipinski definition) is 2. The fourth-order valence-corrected chi connectivity index (χ4v) is 3.93. The summed E-state index contributed by atoms with van der Waals surface area (Å²) in [6.45, 7) is 3.71. The van der Waals surface area contributed by atoms with Crippen molar-refractivity contribution in [2.45, 2.75) is 39.2 Å². The first kappa shape index (κ1) is 20.9. The third-order valence-electron chi connectivity index (χ3n) is 5.72. The Morgan fingerprint density at radius 2 is 1.61 bits per heavy atom. The van der Waals surface area contributed by atoms with Crippen LogP contribution in [0, 0.1) is 6.92 Å². The minimum absolute atomic E-state index is 0.000577. The molecule has 158 valence electrons. The fraction of sp³-hybridized carbons (Fsp3) is 0.259. The van der Waals surface area contributed by atoms with E-state index < -0.39 is 0 Å². The normalized spacial score (nSPS) is 11.0. The Hall–Kier alpha value is -3.40. The number of rotatable bonds is 9. The highest BCUT2D eigenvalue weighted by atomic mass is 16.1. The average Bonchev–Trinajstić information content (AvgIpc) is 3.15. The molecule has 0 aliphatic heterocycles. The third-order valence-corrected chi connectivity index (χ3v) is 5.72. The number of para-hydroxylation sites is 2. The molecule has 3 aromatic carbocycles. The Morgan fingerprint density at radius 3 is 2.45 bits per heavy atom. The summed E-state index contributed by atoms with van der Waals surface area (Å²) < 4.78 is 2.36. The van der Waals surface area contributed by atoms with Gasteiger partial charge in [-0.3, -0.25) is 4.79 Å².